The van der Waals surface area contributed by atoms with Crippen molar-refractivity contribution in [3.8, 4) is 0 Å². The van der Waals surface area contributed by atoms with Crippen LogP contribution in [0.5, 0.6) is 0 Å². The average molecular weight is 348 g/mol. The van der Waals surface area contributed by atoms with Crippen molar-refractivity contribution < 1.29 is 13.6 Å². The summed E-state index contributed by atoms with van der Waals surface area (Å²) in [5, 5.41) is 10.1. The topological polar surface area (TPSA) is 59.0 Å². The number of halogens is 2. The molecule has 0 radical (unpaired) electrons. The van der Waals surface area contributed by atoms with Crippen LogP contribution in [0.25, 0.3) is 0 Å². The van der Waals surface area contributed by atoms with E-state index in [-0.39, 0.29) is 30.0 Å². The standard InChI is InChI=1S/C18H22F2N4O/c1-10(2)22-18(25)13-9-21-24-15(16(19)20)8-14(23-17(13)24)12-6-4-11(3)5-7-12/h4-7,9-10,14-16,23H,8H2,1-3H3,(H,22,25)/t14-,15+/m0/s1. The smallest absolute Gasteiger partial charge is 0.260 e. The number of carbonyl (C=O) groups is 1. The molecule has 2 aromatic rings. The summed E-state index contributed by atoms with van der Waals surface area (Å²) in [7, 11) is 0. The number of aryl methyl sites for hydroxylation is 1. The number of hydrogen-bond acceptors (Lipinski definition) is 3. The van der Waals surface area contributed by atoms with E-state index in [4.69, 9.17) is 0 Å². The molecule has 0 unspecified atom stereocenters. The van der Waals surface area contributed by atoms with Gasteiger partial charge in [-0.15, -0.1) is 0 Å². The number of hydrogen-bond donors (Lipinski definition) is 2. The van der Waals surface area contributed by atoms with Crippen LogP contribution < -0.4 is 10.6 Å². The summed E-state index contributed by atoms with van der Waals surface area (Å²) in [6, 6.07) is 6.34. The van der Waals surface area contributed by atoms with Gasteiger partial charge in [0, 0.05) is 6.04 Å². The van der Waals surface area contributed by atoms with Crippen LogP contribution >= 0.6 is 0 Å². The molecule has 0 bridgehead atoms. The molecule has 2 N–H and O–H groups in total. The third-order valence-electron chi connectivity index (χ3n) is 4.33. The lowest BCUT2D eigenvalue weighted by atomic mass is 9.96. The molecule has 25 heavy (non-hydrogen) atoms. The van der Waals surface area contributed by atoms with E-state index in [0.29, 0.717) is 5.82 Å². The second kappa shape index (κ2) is 6.82. The highest BCUT2D eigenvalue weighted by molar-refractivity contribution is 5.99. The van der Waals surface area contributed by atoms with Crippen molar-refractivity contribution in [3.63, 3.8) is 0 Å². The maximum Gasteiger partial charge on any atom is 0.260 e. The Morgan fingerprint density at radius 3 is 2.60 bits per heavy atom. The highest BCUT2D eigenvalue weighted by Gasteiger charge is 2.36. The third kappa shape index (κ3) is 3.50. The molecule has 5 nitrogen and oxygen atoms in total. The van der Waals surface area contributed by atoms with Gasteiger partial charge in [0.15, 0.2) is 0 Å². The quantitative estimate of drug-likeness (QED) is 0.886. The maximum absolute atomic E-state index is 13.6. The number of rotatable bonds is 4. The van der Waals surface area contributed by atoms with Crippen LogP contribution in [0.3, 0.4) is 0 Å². The fourth-order valence-electron chi connectivity index (χ4n) is 3.06. The first-order chi connectivity index (χ1) is 11.9. The lowest BCUT2D eigenvalue weighted by Crippen LogP contribution is -2.34. The van der Waals surface area contributed by atoms with Crippen molar-refractivity contribution in [2.24, 2.45) is 0 Å². The second-order valence-electron chi connectivity index (χ2n) is 6.72. The van der Waals surface area contributed by atoms with Gasteiger partial charge in [0.05, 0.1) is 12.2 Å². The van der Waals surface area contributed by atoms with Gasteiger partial charge in [-0.1, -0.05) is 29.8 Å². The molecule has 0 fully saturated rings. The van der Waals surface area contributed by atoms with E-state index >= 15 is 0 Å². The Labute approximate surface area is 145 Å². The third-order valence-corrected chi connectivity index (χ3v) is 4.33. The van der Waals surface area contributed by atoms with Crippen LogP contribution in [0.1, 0.15) is 53.8 Å². The zero-order valence-corrected chi connectivity index (χ0v) is 14.5. The van der Waals surface area contributed by atoms with Crippen LogP contribution in [0.4, 0.5) is 14.6 Å². The van der Waals surface area contributed by atoms with Gasteiger partial charge in [0.25, 0.3) is 12.3 Å². The molecule has 134 valence electrons. The number of alkyl halides is 2. The van der Waals surface area contributed by atoms with E-state index in [1.54, 1.807) is 0 Å². The van der Waals surface area contributed by atoms with Crippen molar-refractivity contribution >= 4 is 11.7 Å². The van der Waals surface area contributed by atoms with Crippen LogP contribution in [0.2, 0.25) is 0 Å². The molecule has 0 saturated heterocycles. The van der Waals surface area contributed by atoms with Crippen molar-refractivity contribution in [3.05, 3.63) is 47.2 Å². The predicted molar refractivity (Wildman–Crippen MR) is 92.0 cm³/mol. The number of amides is 1. The van der Waals surface area contributed by atoms with E-state index in [1.807, 2.05) is 45.0 Å². The first kappa shape index (κ1) is 17.4. The van der Waals surface area contributed by atoms with Crippen LogP contribution in [0.15, 0.2) is 30.5 Å². The number of nitrogens with one attached hydrogen (secondary N) is 2. The number of carbonyl (C=O) groups excluding carboxylic acids is 1. The average Bonchev–Trinajstić information content (AvgIpc) is 2.97. The Hall–Kier alpha value is -2.44. The highest BCUT2D eigenvalue weighted by Crippen LogP contribution is 2.39. The van der Waals surface area contributed by atoms with Gasteiger partial charge in [-0.25, -0.2) is 13.5 Å². The molecule has 1 aliphatic rings. The fourth-order valence-corrected chi connectivity index (χ4v) is 3.06. The Morgan fingerprint density at radius 1 is 1.32 bits per heavy atom. The largest absolute Gasteiger partial charge is 0.363 e. The zero-order valence-electron chi connectivity index (χ0n) is 14.5. The molecular weight excluding hydrogens is 326 g/mol. The van der Waals surface area contributed by atoms with Gasteiger partial charge in [0.2, 0.25) is 0 Å². The molecule has 1 aromatic carbocycles. The van der Waals surface area contributed by atoms with E-state index in [9.17, 15) is 13.6 Å². The Balaban J connectivity index is 1.96. The molecular formula is C18H22F2N4O. The molecule has 2 heterocycles. The van der Waals surface area contributed by atoms with Gasteiger partial charge >= 0.3 is 0 Å². The van der Waals surface area contributed by atoms with Crippen molar-refractivity contribution in [1.82, 2.24) is 15.1 Å². The summed E-state index contributed by atoms with van der Waals surface area (Å²) in [5.41, 5.74) is 2.31. The molecule has 7 heteroatoms. The molecule has 3 rings (SSSR count). The van der Waals surface area contributed by atoms with Gasteiger partial charge in [-0.2, -0.15) is 5.10 Å². The van der Waals surface area contributed by atoms with Crippen molar-refractivity contribution in [1.29, 1.82) is 0 Å². The zero-order chi connectivity index (χ0) is 18.1. The molecule has 1 aliphatic heterocycles. The minimum absolute atomic E-state index is 0.0505. The number of nitrogens with zero attached hydrogens (tertiary/aromatic N) is 2. The number of benzene rings is 1. The monoisotopic (exact) mass is 348 g/mol. The molecule has 0 saturated carbocycles. The van der Waals surface area contributed by atoms with Crippen LogP contribution in [0, 0.1) is 6.92 Å². The summed E-state index contributed by atoms with van der Waals surface area (Å²) >= 11 is 0. The number of anilines is 1. The van der Waals surface area contributed by atoms with Crippen molar-refractivity contribution in [2.75, 3.05) is 5.32 Å². The van der Waals surface area contributed by atoms with E-state index in [1.165, 1.54) is 10.9 Å². The summed E-state index contributed by atoms with van der Waals surface area (Å²) in [4.78, 5) is 12.4. The van der Waals surface area contributed by atoms with E-state index in [0.717, 1.165) is 11.1 Å². The minimum Gasteiger partial charge on any atom is -0.363 e. The highest BCUT2D eigenvalue weighted by atomic mass is 19.3. The summed E-state index contributed by atoms with van der Waals surface area (Å²) in [6.07, 6.45) is -0.997. The Bertz CT molecular complexity index is 755. The number of fused-ring (bicyclic) bond motifs is 1. The Morgan fingerprint density at radius 2 is 2.00 bits per heavy atom. The van der Waals surface area contributed by atoms with Crippen molar-refractivity contribution in [2.45, 2.75) is 51.7 Å². The normalized spacial score (nSPS) is 19.6. The second-order valence-corrected chi connectivity index (χ2v) is 6.72. The van der Waals surface area contributed by atoms with E-state index in [2.05, 4.69) is 15.7 Å². The molecule has 0 aliphatic carbocycles. The maximum atomic E-state index is 13.6. The summed E-state index contributed by atoms with van der Waals surface area (Å²) in [5.74, 6) is 0.0293. The lowest BCUT2D eigenvalue weighted by molar-refractivity contribution is 0.0656. The SMILES string of the molecule is Cc1ccc([C@@H]2C[C@H](C(F)F)n3ncc(C(=O)NC(C)C)c3N2)cc1. The van der Waals surface area contributed by atoms with Gasteiger partial charge in [-0.05, 0) is 32.8 Å². The van der Waals surface area contributed by atoms with Gasteiger partial charge in [-0.3, -0.25) is 4.79 Å². The predicted octanol–water partition coefficient (Wildman–Crippen LogP) is 3.69. The first-order valence-electron chi connectivity index (χ1n) is 8.36. The van der Waals surface area contributed by atoms with Crippen LogP contribution in [-0.4, -0.2) is 28.2 Å². The summed E-state index contributed by atoms with van der Waals surface area (Å²) in [6.45, 7) is 5.67. The lowest BCUT2D eigenvalue weighted by Gasteiger charge is -2.32. The molecule has 1 amide bonds. The minimum atomic E-state index is -2.56. The molecule has 2 atom stereocenters. The fraction of sp³-hybridized carbons (Fsp3) is 0.444. The molecule has 0 spiro atoms. The van der Waals surface area contributed by atoms with E-state index < -0.39 is 12.5 Å². The van der Waals surface area contributed by atoms with Crippen LogP contribution in [-0.2, 0) is 0 Å². The van der Waals surface area contributed by atoms with Gasteiger partial charge < -0.3 is 10.6 Å². The molecule has 1 aromatic heterocycles. The van der Waals surface area contributed by atoms with Gasteiger partial charge in [0.1, 0.15) is 17.4 Å². The summed E-state index contributed by atoms with van der Waals surface area (Å²) < 4.78 is 28.4. The Kier molecular flexibility index (Phi) is 4.74. The number of aromatic nitrogens is 2. The first-order valence-corrected chi connectivity index (χ1v) is 8.36.